The van der Waals surface area contributed by atoms with E-state index in [1.54, 1.807) is 4.68 Å². The average Bonchev–Trinajstić information content (AvgIpc) is 2.57. The van der Waals surface area contributed by atoms with Crippen LogP contribution in [0.3, 0.4) is 0 Å². The molecule has 0 aliphatic heterocycles. The van der Waals surface area contributed by atoms with Crippen molar-refractivity contribution in [1.82, 2.24) is 9.78 Å². The first kappa shape index (κ1) is 12.7. The third-order valence-corrected chi connectivity index (χ3v) is 2.84. The van der Waals surface area contributed by atoms with Crippen LogP contribution in [0.15, 0.2) is 24.3 Å². The van der Waals surface area contributed by atoms with Crippen LogP contribution in [-0.2, 0) is 6.54 Å². The Labute approximate surface area is 104 Å². The zero-order chi connectivity index (χ0) is 13.3. The molecule has 0 saturated heterocycles. The van der Waals surface area contributed by atoms with Crippen molar-refractivity contribution < 1.29 is 8.78 Å². The molecule has 0 saturated carbocycles. The number of aromatic nitrogens is 2. The maximum Gasteiger partial charge on any atom is 0.130 e. The molecular formula is C13H15F2N3. The molecule has 2 N–H and O–H groups in total. The lowest BCUT2D eigenvalue weighted by Crippen LogP contribution is -2.21. The molecule has 1 unspecified atom stereocenters. The first-order chi connectivity index (χ1) is 8.49. The van der Waals surface area contributed by atoms with E-state index in [0.717, 1.165) is 11.4 Å². The number of rotatable bonds is 3. The van der Waals surface area contributed by atoms with Crippen molar-refractivity contribution in [2.45, 2.75) is 26.4 Å². The van der Waals surface area contributed by atoms with E-state index in [1.807, 2.05) is 19.9 Å². The first-order valence-electron chi connectivity index (χ1n) is 5.69. The highest BCUT2D eigenvalue weighted by Crippen LogP contribution is 2.20. The fourth-order valence-electron chi connectivity index (χ4n) is 2.00. The van der Waals surface area contributed by atoms with Gasteiger partial charge in [0.15, 0.2) is 0 Å². The quantitative estimate of drug-likeness (QED) is 0.910. The van der Waals surface area contributed by atoms with Gasteiger partial charge in [0.2, 0.25) is 0 Å². The molecule has 2 aromatic rings. The van der Waals surface area contributed by atoms with Gasteiger partial charge in [0.1, 0.15) is 11.6 Å². The minimum Gasteiger partial charge on any atom is -0.322 e. The molecule has 96 valence electrons. The molecule has 3 nitrogen and oxygen atoms in total. The molecule has 0 aliphatic rings. The number of halogens is 2. The molecule has 0 aliphatic carbocycles. The Morgan fingerprint density at radius 2 is 1.89 bits per heavy atom. The van der Waals surface area contributed by atoms with Gasteiger partial charge < -0.3 is 5.73 Å². The van der Waals surface area contributed by atoms with Crippen molar-refractivity contribution in [1.29, 1.82) is 0 Å². The van der Waals surface area contributed by atoms with Gasteiger partial charge in [-0.1, -0.05) is 6.07 Å². The van der Waals surface area contributed by atoms with Gasteiger partial charge in [-0.2, -0.15) is 5.10 Å². The highest BCUT2D eigenvalue weighted by molar-refractivity contribution is 5.23. The molecule has 2 rings (SSSR count). The number of nitrogens with two attached hydrogens (primary N) is 1. The van der Waals surface area contributed by atoms with Crippen molar-refractivity contribution in [3.8, 4) is 0 Å². The van der Waals surface area contributed by atoms with Crippen molar-refractivity contribution in [3.05, 3.63) is 52.9 Å². The molecule has 1 atom stereocenters. The van der Waals surface area contributed by atoms with Gasteiger partial charge in [0.25, 0.3) is 0 Å². The topological polar surface area (TPSA) is 43.8 Å². The summed E-state index contributed by atoms with van der Waals surface area (Å²) in [6.07, 6.45) is 0. The molecular weight excluding hydrogens is 236 g/mol. The second-order valence-corrected chi connectivity index (χ2v) is 4.35. The van der Waals surface area contributed by atoms with E-state index in [9.17, 15) is 8.78 Å². The minimum atomic E-state index is -0.760. The normalized spacial score (nSPS) is 12.7. The van der Waals surface area contributed by atoms with Gasteiger partial charge in [-0.05, 0) is 32.0 Å². The molecule has 18 heavy (non-hydrogen) atoms. The van der Waals surface area contributed by atoms with Crippen molar-refractivity contribution >= 4 is 0 Å². The van der Waals surface area contributed by atoms with Gasteiger partial charge in [0, 0.05) is 11.3 Å². The summed E-state index contributed by atoms with van der Waals surface area (Å²) in [4.78, 5) is 0. The summed E-state index contributed by atoms with van der Waals surface area (Å²) in [5.74, 6) is -1.24. The predicted molar refractivity (Wildman–Crippen MR) is 65.0 cm³/mol. The second kappa shape index (κ2) is 4.86. The highest BCUT2D eigenvalue weighted by atomic mass is 19.1. The lowest BCUT2D eigenvalue weighted by Gasteiger charge is -2.15. The van der Waals surface area contributed by atoms with Crippen molar-refractivity contribution in [2.24, 2.45) is 5.73 Å². The number of hydrogen-bond donors (Lipinski definition) is 1. The van der Waals surface area contributed by atoms with Gasteiger partial charge in [-0.25, -0.2) is 8.78 Å². The molecule has 0 radical (unpaired) electrons. The van der Waals surface area contributed by atoms with Crippen LogP contribution in [0.5, 0.6) is 0 Å². The van der Waals surface area contributed by atoms with Crippen LogP contribution >= 0.6 is 0 Å². The Kier molecular flexibility index (Phi) is 3.43. The fraction of sp³-hybridized carbons (Fsp3) is 0.308. The standard InChI is InChI=1S/C13H15F2N3/c1-8-6-9(2)18(17-8)7-12(16)13-10(14)4-3-5-11(13)15/h3-6,12H,7,16H2,1-2H3. The highest BCUT2D eigenvalue weighted by Gasteiger charge is 2.17. The summed E-state index contributed by atoms with van der Waals surface area (Å²) in [6, 6.07) is 4.87. The fourth-order valence-corrected chi connectivity index (χ4v) is 2.00. The lowest BCUT2D eigenvalue weighted by molar-refractivity contribution is 0.466. The maximum absolute atomic E-state index is 13.6. The second-order valence-electron chi connectivity index (χ2n) is 4.35. The SMILES string of the molecule is Cc1cc(C)n(CC(N)c2c(F)cccc2F)n1. The van der Waals surface area contributed by atoms with Crippen LogP contribution in [0.25, 0.3) is 0 Å². The van der Waals surface area contributed by atoms with Crippen LogP contribution < -0.4 is 5.73 Å². The average molecular weight is 251 g/mol. The Hall–Kier alpha value is -1.75. The van der Waals surface area contributed by atoms with Gasteiger partial charge >= 0.3 is 0 Å². The van der Waals surface area contributed by atoms with Gasteiger partial charge in [0.05, 0.1) is 18.3 Å². The van der Waals surface area contributed by atoms with E-state index in [1.165, 1.54) is 18.2 Å². The smallest absolute Gasteiger partial charge is 0.130 e. The number of nitrogens with zero attached hydrogens (tertiary/aromatic N) is 2. The van der Waals surface area contributed by atoms with Gasteiger partial charge in [-0.15, -0.1) is 0 Å². The predicted octanol–water partition coefficient (Wildman–Crippen LogP) is 2.48. The molecule has 5 heteroatoms. The lowest BCUT2D eigenvalue weighted by atomic mass is 10.1. The minimum absolute atomic E-state index is 0.0925. The zero-order valence-electron chi connectivity index (χ0n) is 10.3. The summed E-state index contributed by atoms with van der Waals surface area (Å²) in [5.41, 5.74) is 7.55. The van der Waals surface area contributed by atoms with Crippen LogP contribution in [-0.4, -0.2) is 9.78 Å². The molecule has 0 fully saturated rings. The first-order valence-corrected chi connectivity index (χ1v) is 5.69. The Bertz CT molecular complexity index is 543. The summed E-state index contributed by atoms with van der Waals surface area (Å²) >= 11 is 0. The molecule has 1 heterocycles. The molecule has 0 spiro atoms. The third kappa shape index (κ3) is 2.41. The molecule has 0 bridgehead atoms. The van der Waals surface area contributed by atoms with Crippen molar-refractivity contribution in [2.75, 3.05) is 0 Å². The van der Waals surface area contributed by atoms with Crippen molar-refractivity contribution in [3.63, 3.8) is 0 Å². The summed E-state index contributed by atoms with van der Waals surface area (Å²) < 4.78 is 28.8. The summed E-state index contributed by atoms with van der Waals surface area (Å²) in [5, 5.41) is 4.23. The summed E-state index contributed by atoms with van der Waals surface area (Å²) in [7, 11) is 0. The maximum atomic E-state index is 13.6. The molecule has 1 aromatic heterocycles. The third-order valence-electron chi connectivity index (χ3n) is 2.84. The monoisotopic (exact) mass is 251 g/mol. The van der Waals surface area contributed by atoms with E-state index in [4.69, 9.17) is 5.73 Å². The number of aryl methyl sites for hydroxylation is 2. The van der Waals surface area contributed by atoms with Gasteiger partial charge in [-0.3, -0.25) is 4.68 Å². The molecule has 1 aromatic carbocycles. The largest absolute Gasteiger partial charge is 0.322 e. The van der Waals surface area contributed by atoms with E-state index in [-0.39, 0.29) is 12.1 Å². The van der Waals surface area contributed by atoms with Crippen LogP contribution in [0.2, 0.25) is 0 Å². The van der Waals surface area contributed by atoms with Crippen LogP contribution in [0, 0.1) is 25.5 Å². The summed E-state index contributed by atoms with van der Waals surface area (Å²) in [6.45, 7) is 3.99. The van der Waals surface area contributed by atoms with E-state index in [0.29, 0.717) is 0 Å². The Morgan fingerprint density at radius 1 is 1.28 bits per heavy atom. The Balaban J connectivity index is 2.27. The van der Waals surface area contributed by atoms with E-state index >= 15 is 0 Å². The zero-order valence-corrected chi connectivity index (χ0v) is 10.3. The molecule has 0 amide bonds. The Morgan fingerprint density at radius 3 is 2.39 bits per heavy atom. The van der Waals surface area contributed by atoms with E-state index < -0.39 is 17.7 Å². The number of benzene rings is 1. The van der Waals surface area contributed by atoms with Crippen LogP contribution in [0.4, 0.5) is 8.78 Å². The van der Waals surface area contributed by atoms with Crippen LogP contribution in [0.1, 0.15) is 23.0 Å². The van der Waals surface area contributed by atoms with E-state index in [2.05, 4.69) is 5.10 Å². The number of hydrogen-bond acceptors (Lipinski definition) is 2.